The summed E-state index contributed by atoms with van der Waals surface area (Å²) in [5.41, 5.74) is 0.296. The highest BCUT2D eigenvalue weighted by Crippen LogP contribution is 2.23. The first kappa shape index (κ1) is 10.0. The number of rotatable bonds is 2. The van der Waals surface area contributed by atoms with E-state index < -0.39 is 6.16 Å². The predicted molar refractivity (Wildman–Crippen MR) is 47.5 cm³/mol. The lowest BCUT2D eigenvalue weighted by Gasteiger charge is -2.06. The molecule has 1 radical (unpaired) electrons. The van der Waals surface area contributed by atoms with Crippen LogP contribution in [0.4, 0.5) is 10.5 Å². The van der Waals surface area contributed by atoms with Gasteiger partial charge in [-0.2, -0.15) is 9.90 Å². The molecule has 1 rings (SSSR count). The molecule has 0 aliphatic rings. The molecule has 0 bridgehead atoms. The van der Waals surface area contributed by atoms with Gasteiger partial charge in [-0.25, -0.2) is 0 Å². The van der Waals surface area contributed by atoms with Crippen LogP contribution in [0, 0.1) is 0 Å². The molecule has 0 aromatic heterocycles. The molecule has 0 heterocycles. The van der Waals surface area contributed by atoms with E-state index in [1.165, 1.54) is 19.1 Å². The monoisotopic (exact) mass is 194 g/mol. The van der Waals surface area contributed by atoms with Crippen molar-refractivity contribution in [1.29, 1.82) is 0 Å². The standard InChI is InChI=1S/C9H8NO4/c1-6(11)10-7-4-2-3-5-8(7)14-9(12)13/h2-5H,1H3,(H,10,11). The zero-order valence-corrected chi connectivity index (χ0v) is 7.44. The molecule has 1 aromatic rings. The lowest BCUT2D eigenvalue weighted by atomic mass is 10.3. The van der Waals surface area contributed by atoms with Crippen molar-refractivity contribution < 1.29 is 19.4 Å². The molecule has 0 unspecified atom stereocenters. The molecule has 5 heteroatoms. The Balaban J connectivity index is 2.90. The van der Waals surface area contributed by atoms with Crippen molar-refractivity contribution >= 4 is 17.7 Å². The van der Waals surface area contributed by atoms with Crippen molar-refractivity contribution in [3.63, 3.8) is 0 Å². The van der Waals surface area contributed by atoms with Gasteiger partial charge in [0.1, 0.15) is 0 Å². The Hall–Kier alpha value is -2.04. The maximum absolute atomic E-state index is 10.7. The predicted octanol–water partition coefficient (Wildman–Crippen LogP) is 1.57. The SMILES string of the molecule is CC(=O)Nc1ccccc1OC([O])=O. The highest BCUT2D eigenvalue weighted by molar-refractivity contribution is 5.90. The Morgan fingerprint density at radius 1 is 1.29 bits per heavy atom. The molecule has 1 N–H and O–H groups in total. The number of hydrogen-bond acceptors (Lipinski definition) is 3. The summed E-state index contributed by atoms with van der Waals surface area (Å²) in [4.78, 5) is 20.9. The average molecular weight is 194 g/mol. The molecule has 1 amide bonds. The van der Waals surface area contributed by atoms with Gasteiger partial charge in [0, 0.05) is 6.92 Å². The van der Waals surface area contributed by atoms with Gasteiger partial charge in [0.25, 0.3) is 0 Å². The maximum atomic E-state index is 10.7. The number of carbonyl (C=O) groups excluding carboxylic acids is 2. The minimum atomic E-state index is -1.66. The molecule has 5 nitrogen and oxygen atoms in total. The molecule has 1 aromatic carbocycles. The second-order valence-corrected chi connectivity index (χ2v) is 2.53. The molecule has 0 saturated carbocycles. The van der Waals surface area contributed by atoms with Crippen LogP contribution in [0.3, 0.4) is 0 Å². The third kappa shape index (κ3) is 2.78. The second-order valence-electron chi connectivity index (χ2n) is 2.53. The molecule has 0 saturated heterocycles. The van der Waals surface area contributed by atoms with Crippen molar-refractivity contribution in [3.8, 4) is 5.75 Å². The zero-order chi connectivity index (χ0) is 10.6. The number of nitrogens with one attached hydrogen (secondary N) is 1. The summed E-state index contributed by atoms with van der Waals surface area (Å²) < 4.78 is 4.34. The van der Waals surface area contributed by atoms with Crippen LogP contribution in [0.2, 0.25) is 0 Å². The van der Waals surface area contributed by atoms with Gasteiger partial charge >= 0.3 is 6.16 Å². The molecule has 14 heavy (non-hydrogen) atoms. The van der Waals surface area contributed by atoms with E-state index in [-0.39, 0.29) is 11.7 Å². The van der Waals surface area contributed by atoms with Gasteiger partial charge in [-0.05, 0) is 12.1 Å². The topological polar surface area (TPSA) is 75.3 Å². The molecule has 0 aliphatic carbocycles. The van der Waals surface area contributed by atoms with E-state index in [1.54, 1.807) is 12.1 Å². The number of hydrogen-bond donors (Lipinski definition) is 1. The normalized spacial score (nSPS) is 9.21. The summed E-state index contributed by atoms with van der Waals surface area (Å²) in [5, 5.41) is 12.6. The number of ether oxygens (including phenoxy) is 1. The Kier molecular flexibility index (Phi) is 3.06. The molecule has 0 fully saturated rings. The first-order valence-corrected chi connectivity index (χ1v) is 3.85. The van der Waals surface area contributed by atoms with E-state index in [9.17, 15) is 14.7 Å². The highest BCUT2D eigenvalue weighted by Gasteiger charge is 2.08. The van der Waals surface area contributed by atoms with Gasteiger partial charge in [0.2, 0.25) is 5.91 Å². The van der Waals surface area contributed by atoms with Crippen LogP contribution >= 0.6 is 0 Å². The van der Waals surface area contributed by atoms with Gasteiger partial charge in [-0.15, -0.1) is 0 Å². The average Bonchev–Trinajstić information content (AvgIpc) is 2.06. The Bertz CT molecular complexity index is 327. The van der Waals surface area contributed by atoms with Crippen molar-refractivity contribution in [2.24, 2.45) is 0 Å². The maximum Gasteiger partial charge on any atom is 0.555 e. The molecular weight excluding hydrogens is 186 g/mol. The largest absolute Gasteiger partial charge is 0.555 e. The number of anilines is 1. The van der Waals surface area contributed by atoms with Crippen LogP contribution in [0.15, 0.2) is 24.3 Å². The molecular formula is C9H8NO4. The minimum absolute atomic E-state index is 0.0442. The van der Waals surface area contributed by atoms with Crippen molar-refractivity contribution in [1.82, 2.24) is 0 Å². The minimum Gasteiger partial charge on any atom is -0.390 e. The van der Waals surface area contributed by atoms with E-state index >= 15 is 0 Å². The number of benzene rings is 1. The summed E-state index contributed by atoms with van der Waals surface area (Å²) in [6.07, 6.45) is -1.66. The Labute approximate surface area is 80.3 Å². The van der Waals surface area contributed by atoms with E-state index in [0.29, 0.717) is 5.69 Å². The van der Waals surface area contributed by atoms with Gasteiger partial charge in [-0.1, -0.05) is 12.1 Å². The highest BCUT2D eigenvalue weighted by atomic mass is 16.7. The fourth-order valence-electron chi connectivity index (χ4n) is 0.938. The first-order chi connectivity index (χ1) is 6.59. The number of carbonyl (C=O) groups is 2. The van der Waals surface area contributed by atoms with Gasteiger partial charge in [0.15, 0.2) is 5.75 Å². The van der Waals surface area contributed by atoms with Gasteiger partial charge in [-0.3, -0.25) is 4.79 Å². The lowest BCUT2D eigenvalue weighted by Crippen LogP contribution is -2.09. The molecule has 0 aliphatic heterocycles. The Morgan fingerprint density at radius 3 is 2.50 bits per heavy atom. The summed E-state index contributed by atoms with van der Waals surface area (Å²) in [7, 11) is 0. The molecule has 0 spiro atoms. The quantitative estimate of drug-likeness (QED) is 0.573. The molecule has 0 atom stereocenters. The van der Waals surface area contributed by atoms with E-state index in [2.05, 4.69) is 10.1 Å². The number of para-hydroxylation sites is 2. The number of amides is 1. The smallest absolute Gasteiger partial charge is 0.390 e. The molecule has 73 valence electrons. The zero-order valence-electron chi connectivity index (χ0n) is 7.44. The van der Waals surface area contributed by atoms with Crippen LogP contribution in [0.25, 0.3) is 0 Å². The van der Waals surface area contributed by atoms with E-state index in [0.717, 1.165) is 0 Å². The first-order valence-electron chi connectivity index (χ1n) is 3.85. The van der Waals surface area contributed by atoms with Crippen LogP contribution < -0.4 is 10.1 Å². The Morgan fingerprint density at radius 2 is 1.93 bits per heavy atom. The summed E-state index contributed by atoms with van der Waals surface area (Å²) in [6, 6.07) is 6.18. The van der Waals surface area contributed by atoms with Gasteiger partial charge in [0.05, 0.1) is 5.69 Å². The summed E-state index contributed by atoms with van der Waals surface area (Å²) >= 11 is 0. The van der Waals surface area contributed by atoms with Gasteiger partial charge < -0.3 is 10.1 Å². The van der Waals surface area contributed by atoms with Crippen LogP contribution in [0.1, 0.15) is 6.92 Å². The van der Waals surface area contributed by atoms with Crippen LogP contribution in [-0.2, 0) is 9.90 Å². The fourth-order valence-corrected chi connectivity index (χ4v) is 0.938. The van der Waals surface area contributed by atoms with E-state index in [1.807, 2.05) is 0 Å². The van der Waals surface area contributed by atoms with E-state index in [4.69, 9.17) is 0 Å². The fraction of sp³-hybridized carbons (Fsp3) is 0.111. The van der Waals surface area contributed by atoms with Crippen LogP contribution in [-0.4, -0.2) is 12.1 Å². The summed E-state index contributed by atoms with van der Waals surface area (Å²) in [6.45, 7) is 1.32. The van der Waals surface area contributed by atoms with Crippen LogP contribution in [0.5, 0.6) is 5.75 Å². The third-order valence-corrected chi connectivity index (χ3v) is 1.39. The van der Waals surface area contributed by atoms with Crippen molar-refractivity contribution in [2.45, 2.75) is 6.92 Å². The van der Waals surface area contributed by atoms with Crippen molar-refractivity contribution in [2.75, 3.05) is 5.32 Å². The second kappa shape index (κ2) is 4.27. The van der Waals surface area contributed by atoms with Crippen molar-refractivity contribution in [3.05, 3.63) is 24.3 Å². The summed E-state index contributed by atoms with van der Waals surface area (Å²) in [5.74, 6) is -0.262. The lowest BCUT2D eigenvalue weighted by molar-refractivity contribution is -0.114. The third-order valence-electron chi connectivity index (χ3n) is 1.39.